The van der Waals surface area contributed by atoms with Gasteiger partial charge in [0, 0.05) is 17.1 Å². The predicted molar refractivity (Wildman–Crippen MR) is 94.0 cm³/mol. The zero-order valence-electron chi connectivity index (χ0n) is 12.5. The fourth-order valence-corrected chi connectivity index (χ4v) is 3.23. The van der Waals surface area contributed by atoms with E-state index in [-0.39, 0.29) is 4.88 Å². The maximum Gasteiger partial charge on any atom is 0.348 e. The molecule has 23 heavy (non-hydrogen) atoms. The molecule has 0 unspecified atom stereocenters. The summed E-state index contributed by atoms with van der Waals surface area (Å²) in [6.07, 6.45) is 3.21. The van der Waals surface area contributed by atoms with Gasteiger partial charge in [0.2, 0.25) is 0 Å². The van der Waals surface area contributed by atoms with Crippen LogP contribution >= 0.6 is 23.1 Å². The number of carboxylic acid groups (broad SMARTS) is 1. The number of carbonyl (C=O) groups is 2. The molecule has 0 aliphatic rings. The molecule has 7 heteroatoms. The molecule has 0 atom stereocenters. The summed E-state index contributed by atoms with van der Waals surface area (Å²) in [5.74, 6) is -1.49. The van der Waals surface area contributed by atoms with Crippen LogP contribution in [0.1, 0.15) is 9.67 Å². The summed E-state index contributed by atoms with van der Waals surface area (Å²) in [7, 11) is 1.30. The van der Waals surface area contributed by atoms with Gasteiger partial charge in [-0.3, -0.25) is 0 Å². The van der Waals surface area contributed by atoms with Crippen molar-refractivity contribution in [2.75, 3.05) is 18.7 Å². The molecule has 0 radical (unpaired) electrons. The molecule has 2 N–H and O–H groups in total. The Labute approximate surface area is 142 Å². The third kappa shape index (κ3) is 3.94. The third-order valence-corrected chi connectivity index (χ3v) is 4.72. The summed E-state index contributed by atoms with van der Waals surface area (Å²) in [5, 5.41) is 14.1. The Morgan fingerprint density at radius 3 is 2.57 bits per heavy atom. The maximum absolute atomic E-state index is 11.6. The van der Waals surface area contributed by atoms with Crippen LogP contribution in [0.2, 0.25) is 0 Å². The number of methoxy groups -OCH3 is 1. The SMILES string of the molecule is COC(=O)C(=CNc1c(-c2ccccc2)csc1C(=O)O)SC. The van der Waals surface area contributed by atoms with Crippen LogP contribution in [0.25, 0.3) is 11.1 Å². The number of nitrogens with one attached hydrogen (secondary N) is 1. The molecule has 5 nitrogen and oxygen atoms in total. The molecule has 2 rings (SSSR count). The van der Waals surface area contributed by atoms with Gasteiger partial charge in [-0.1, -0.05) is 30.3 Å². The van der Waals surface area contributed by atoms with Gasteiger partial charge in [0.25, 0.3) is 0 Å². The second-order valence-corrected chi connectivity index (χ2v) is 6.10. The average molecular weight is 349 g/mol. The highest BCUT2D eigenvalue weighted by Crippen LogP contribution is 2.36. The van der Waals surface area contributed by atoms with Crippen LogP contribution in [-0.2, 0) is 9.53 Å². The Bertz CT molecular complexity index is 738. The van der Waals surface area contributed by atoms with Crippen molar-refractivity contribution >= 4 is 40.7 Å². The molecule has 0 amide bonds. The normalized spacial score (nSPS) is 11.1. The highest BCUT2D eigenvalue weighted by atomic mass is 32.2. The van der Waals surface area contributed by atoms with Gasteiger partial charge in [-0.2, -0.15) is 0 Å². The predicted octanol–water partition coefficient (Wildman–Crippen LogP) is 3.90. The van der Waals surface area contributed by atoms with Crippen molar-refractivity contribution in [1.29, 1.82) is 0 Å². The molecule has 0 saturated carbocycles. The molecule has 120 valence electrons. The molecule has 1 heterocycles. The van der Waals surface area contributed by atoms with Crippen LogP contribution in [0.5, 0.6) is 0 Å². The van der Waals surface area contributed by atoms with Gasteiger partial charge in [-0.05, 0) is 11.8 Å². The van der Waals surface area contributed by atoms with Gasteiger partial charge < -0.3 is 15.2 Å². The summed E-state index contributed by atoms with van der Waals surface area (Å²) in [6.45, 7) is 0. The monoisotopic (exact) mass is 349 g/mol. The number of esters is 1. The van der Waals surface area contributed by atoms with Gasteiger partial charge in [0.1, 0.15) is 9.78 Å². The lowest BCUT2D eigenvalue weighted by Crippen LogP contribution is -2.05. The Morgan fingerprint density at radius 2 is 2.00 bits per heavy atom. The van der Waals surface area contributed by atoms with Crippen molar-refractivity contribution in [3.63, 3.8) is 0 Å². The minimum absolute atomic E-state index is 0.186. The largest absolute Gasteiger partial charge is 0.477 e. The highest BCUT2D eigenvalue weighted by Gasteiger charge is 2.18. The fourth-order valence-electron chi connectivity index (χ4n) is 1.93. The molecule has 1 aromatic carbocycles. The first-order valence-electron chi connectivity index (χ1n) is 6.57. The second-order valence-electron chi connectivity index (χ2n) is 4.37. The van der Waals surface area contributed by atoms with E-state index in [9.17, 15) is 14.7 Å². The number of hydrogen-bond acceptors (Lipinski definition) is 6. The van der Waals surface area contributed by atoms with E-state index in [1.54, 1.807) is 11.6 Å². The van der Waals surface area contributed by atoms with Gasteiger partial charge >= 0.3 is 11.9 Å². The van der Waals surface area contributed by atoms with Crippen molar-refractivity contribution in [1.82, 2.24) is 0 Å². The number of carbonyl (C=O) groups excluding carboxylic acids is 1. The summed E-state index contributed by atoms with van der Waals surface area (Å²) < 4.78 is 4.68. The number of rotatable bonds is 6. The summed E-state index contributed by atoms with van der Waals surface area (Å²) >= 11 is 2.36. The average Bonchev–Trinajstić information content (AvgIpc) is 3.00. The van der Waals surface area contributed by atoms with E-state index in [0.717, 1.165) is 22.5 Å². The van der Waals surface area contributed by atoms with Crippen LogP contribution in [0.3, 0.4) is 0 Å². The number of ether oxygens (including phenoxy) is 1. The van der Waals surface area contributed by atoms with E-state index in [1.165, 1.54) is 25.1 Å². The van der Waals surface area contributed by atoms with E-state index in [1.807, 2.05) is 30.3 Å². The Hall–Kier alpha value is -2.25. The topological polar surface area (TPSA) is 75.6 Å². The minimum atomic E-state index is -1.02. The zero-order valence-corrected chi connectivity index (χ0v) is 14.2. The number of hydrogen-bond donors (Lipinski definition) is 2. The summed E-state index contributed by atoms with van der Waals surface area (Å²) in [4.78, 5) is 23.6. The highest BCUT2D eigenvalue weighted by molar-refractivity contribution is 8.03. The maximum atomic E-state index is 11.6. The number of benzene rings is 1. The van der Waals surface area contributed by atoms with Crippen molar-refractivity contribution in [2.45, 2.75) is 0 Å². The molecule has 0 bridgehead atoms. The van der Waals surface area contributed by atoms with Crippen molar-refractivity contribution in [3.8, 4) is 11.1 Å². The first kappa shape index (κ1) is 17.1. The summed E-state index contributed by atoms with van der Waals surface area (Å²) in [6, 6.07) is 9.46. The third-order valence-electron chi connectivity index (χ3n) is 3.02. The lowest BCUT2D eigenvalue weighted by Gasteiger charge is -2.08. The number of thioether (sulfide) groups is 1. The number of aromatic carboxylic acids is 1. The fraction of sp³-hybridized carbons (Fsp3) is 0.125. The van der Waals surface area contributed by atoms with E-state index in [4.69, 9.17) is 0 Å². The number of anilines is 1. The van der Waals surface area contributed by atoms with E-state index in [2.05, 4.69) is 10.1 Å². The minimum Gasteiger partial charge on any atom is -0.477 e. The molecule has 2 aromatic rings. The molecule has 1 aromatic heterocycles. The first-order chi connectivity index (χ1) is 11.1. The van der Waals surface area contributed by atoms with Gasteiger partial charge in [0.15, 0.2) is 0 Å². The number of thiophene rings is 1. The van der Waals surface area contributed by atoms with Crippen molar-refractivity contribution in [3.05, 3.63) is 51.7 Å². The van der Waals surface area contributed by atoms with Crippen LogP contribution in [-0.4, -0.2) is 30.4 Å². The Balaban J connectivity index is 2.43. The molecular weight excluding hydrogens is 334 g/mol. The number of carboxylic acids is 1. The van der Waals surface area contributed by atoms with E-state index >= 15 is 0 Å². The van der Waals surface area contributed by atoms with Crippen LogP contribution in [0.4, 0.5) is 5.69 Å². The van der Waals surface area contributed by atoms with Crippen molar-refractivity contribution < 1.29 is 19.4 Å². The van der Waals surface area contributed by atoms with E-state index in [0.29, 0.717) is 10.6 Å². The van der Waals surface area contributed by atoms with E-state index < -0.39 is 11.9 Å². The molecule has 0 spiro atoms. The van der Waals surface area contributed by atoms with Gasteiger partial charge in [-0.25, -0.2) is 9.59 Å². The lowest BCUT2D eigenvalue weighted by atomic mass is 10.1. The molecule has 0 aliphatic heterocycles. The Morgan fingerprint density at radius 1 is 1.30 bits per heavy atom. The molecular formula is C16H15NO4S2. The zero-order chi connectivity index (χ0) is 16.8. The molecule has 0 aliphatic carbocycles. The summed E-state index contributed by atoms with van der Waals surface area (Å²) in [5.41, 5.74) is 2.13. The quantitative estimate of drug-likeness (QED) is 0.608. The van der Waals surface area contributed by atoms with Gasteiger partial charge in [0.05, 0.1) is 12.8 Å². The van der Waals surface area contributed by atoms with Crippen molar-refractivity contribution in [2.24, 2.45) is 0 Å². The van der Waals surface area contributed by atoms with Gasteiger partial charge in [-0.15, -0.1) is 23.1 Å². The molecule has 0 fully saturated rings. The lowest BCUT2D eigenvalue weighted by molar-refractivity contribution is -0.135. The Kier molecular flexibility index (Phi) is 5.84. The van der Waals surface area contributed by atoms with Crippen LogP contribution in [0, 0.1) is 0 Å². The van der Waals surface area contributed by atoms with Crippen LogP contribution < -0.4 is 5.32 Å². The molecule has 0 saturated heterocycles. The first-order valence-corrected chi connectivity index (χ1v) is 8.68. The second kappa shape index (κ2) is 7.85. The standard InChI is InChI=1S/C16H15NO4S2/c1-21-16(20)12(22-2)8-17-13-11(9-23-14(13)15(18)19)10-6-4-3-5-7-10/h3-9,17H,1-2H3,(H,18,19). The smallest absolute Gasteiger partial charge is 0.348 e. The van der Waals surface area contributed by atoms with Crippen LogP contribution in [0.15, 0.2) is 46.8 Å².